The summed E-state index contributed by atoms with van der Waals surface area (Å²) in [4.78, 5) is 23.3. The minimum Gasteiger partial charge on any atom is -0.326 e. The van der Waals surface area contributed by atoms with Crippen molar-refractivity contribution in [3.63, 3.8) is 0 Å². The van der Waals surface area contributed by atoms with Crippen LogP contribution in [0.1, 0.15) is 11.1 Å². The fourth-order valence-corrected chi connectivity index (χ4v) is 3.54. The van der Waals surface area contributed by atoms with E-state index in [1.54, 1.807) is 30.3 Å². The third-order valence-corrected chi connectivity index (χ3v) is 4.99. The van der Waals surface area contributed by atoms with Gasteiger partial charge in [0, 0.05) is 21.6 Å². The van der Waals surface area contributed by atoms with Gasteiger partial charge in [-0.1, -0.05) is 22.0 Å². The zero-order valence-corrected chi connectivity index (χ0v) is 15.0. The molecule has 0 aromatic heterocycles. The van der Waals surface area contributed by atoms with E-state index in [-0.39, 0.29) is 23.4 Å². The maximum absolute atomic E-state index is 13.7. The van der Waals surface area contributed by atoms with E-state index in [0.717, 1.165) is 11.3 Å². The van der Waals surface area contributed by atoms with Crippen molar-refractivity contribution in [1.29, 1.82) is 0 Å². The number of halogens is 2. The van der Waals surface area contributed by atoms with Crippen LogP contribution in [-0.2, 0) is 21.8 Å². The monoisotopic (exact) mass is 408 g/mol. The van der Waals surface area contributed by atoms with Crippen LogP contribution in [0.5, 0.6) is 0 Å². The first-order chi connectivity index (χ1) is 11.5. The number of amides is 2. The first-order valence-electron chi connectivity index (χ1n) is 7.25. The topological polar surface area (TPSA) is 58.2 Å². The summed E-state index contributed by atoms with van der Waals surface area (Å²) in [6.07, 6.45) is 0.330. The molecule has 0 radical (unpaired) electrons. The number of thioether (sulfide) groups is 1. The van der Waals surface area contributed by atoms with E-state index in [0.29, 0.717) is 27.9 Å². The highest BCUT2D eigenvalue weighted by atomic mass is 79.9. The Labute approximate surface area is 151 Å². The molecule has 0 spiro atoms. The minimum absolute atomic E-state index is 0.0412. The Morgan fingerprint density at radius 1 is 1.29 bits per heavy atom. The van der Waals surface area contributed by atoms with Crippen LogP contribution in [-0.4, -0.2) is 17.6 Å². The lowest BCUT2D eigenvalue weighted by atomic mass is 10.1. The van der Waals surface area contributed by atoms with Crippen LogP contribution in [0.25, 0.3) is 0 Å². The molecule has 0 saturated heterocycles. The molecule has 1 heterocycles. The normalized spacial score (nSPS) is 12.7. The van der Waals surface area contributed by atoms with E-state index in [9.17, 15) is 14.0 Å². The minimum atomic E-state index is -0.284. The Morgan fingerprint density at radius 3 is 2.92 bits per heavy atom. The number of benzene rings is 2. The molecule has 0 atom stereocenters. The molecule has 2 aromatic carbocycles. The Kier molecular flexibility index (Phi) is 5.20. The summed E-state index contributed by atoms with van der Waals surface area (Å²) in [6, 6.07) is 10.2. The molecule has 24 heavy (non-hydrogen) atoms. The average molecular weight is 409 g/mol. The van der Waals surface area contributed by atoms with Gasteiger partial charge in [0.15, 0.2) is 0 Å². The number of carbonyl (C=O) groups is 2. The molecule has 2 N–H and O–H groups in total. The van der Waals surface area contributed by atoms with E-state index in [1.807, 2.05) is 0 Å². The van der Waals surface area contributed by atoms with Crippen molar-refractivity contribution in [3.8, 4) is 0 Å². The van der Waals surface area contributed by atoms with Gasteiger partial charge >= 0.3 is 0 Å². The largest absolute Gasteiger partial charge is 0.326 e. The summed E-state index contributed by atoms with van der Waals surface area (Å²) in [5.41, 5.74) is 2.89. The number of fused-ring (bicyclic) bond motifs is 1. The summed E-state index contributed by atoms with van der Waals surface area (Å²) in [7, 11) is 0. The van der Waals surface area contributed by atoms with E-state index in [2.05, 4.69) is 26.6 Å². The summed E-state index contributed by atoms with van der Waals surface area (Å²) >= 11 is 4.56. The van der Waals surface area contributed by atoms with Crippen LogP contribution < -0.4 is 10.6 Å². The van der Waals surface area contributed by atoms with E-state index in [1.165, 1.54) is 17.8 Å². The number of hydrogen-bond donors (Lipinski definition) is 2. The maximum Gasteiger partial charge on any atom is 0.234 e. The van der Waals surface area contributed by atoms with Crippen molar-refractivity contribution >= 4 is 50.9 Å². The van der Waals surface area contributed by atoms with Gasteiger partial charge < -0.3 is 10.6 Å². The van der Waals surface area contributed by atoms with Gasteiger partial charge in [-0.15, -0.1) is 11.8 Å². The van der Waals surface area contributed by atoms with Gasteiger partial charge in [0.1, 0.15) is 5.82 Å². The predicted molar refractivity (Wildman–Crippen MR) is 97.7 cm³/mol. The quantitative estimate of drug-likeness (QED) is 0.786. The average Bonchev–Trinajstić information content (AvgIpc) is 2.89. The highest BCUT2D eigenvalue weighted by molar-refractivity contribution is 9.10. The van der Waals surface area contributed by atoms with Gasteiger partial charge in [-0.05, 0) is 41.5 Å². The lowest BCUT2D eigenvalue weighted by Gasteiger charge is -2.07. The molecule has 4 nitrogen and oxygen atoms in total. The number of rotatable bonds is 5. The second-order valence-electron chi connectivity index (χ2n) is 5.37. The second kappa shape index (κ2) is 7.36. The molecular formula is C17H14BrFN2O2S. The third kappa shape index (κ3) is 4.15. The number of anilines is 2. The lowest BCUT2D eigenvalue weighted by molar-refractivity contribution is -0.115. The Hall–Kier alpha value is -1.86. The number of carbonyl (C=O) groups excluding carboxylic acids is 2. The molecule has 2 amide bonds. The zero-order chi connectivity index (χ0) is 17.1. The maximum atomic E-state index is 13.7. The van der Waals surface area contributed by atoms with Crippen molar-refractivity contribution < 1.29 is 14.0 Å². The van der Waals surface area contributed by atoms with Gasteiger partial charge in [-0.3, -0.25) is 9.59 Å². The van der Waals surface area contributed by atoms with Crippen molar-refractivity contribution in [2.75, 3.05) is 16.4 Å². The highest BCUT2D eigenvalue weighted by Crippen LogP contribution is 2.26. The van der Waals surface area contributed by atoms with Crippen LogP contribution in [0.3, 0.4) is 0 Å². The van der Waals surface area contributed by atoms with Gasteiger partial charge in [-0.25, -0.2) is 4.39 Å². The van der Waals surface area contributed by atoms with Crippen molar-refractivity contribution in [3.05, 3.63) is 57.8 Å². The van der Waals surface area contributed by atoms with Crippen LogP contribution in [0.15, 0.2) is 40.9 Å². The van der Waals surface area contributed by atoms with Crippen molar-refractivity contribution in [2.45, 2.75) is 12.2 Å². The molecule has 0 bridgehead atoms. The molecule has 1 aliphatic rings. The third-order valence-electron chi connectivity index (χ3n) is 3.52. The summed E-state index contributed by atoms with van der Waals surface area (Å²) in [5, 5.41) is 5.54. The number of nitrogens with one attached hydrogen (secondary N) is 2. The summed E-state index contributed by atoms with van der Waals surface area (Å²) in [6.45, 7) is 0. The molecule has 1 aliphatic heterocycles. The molecule has 0 saturated carbocycles. The number of hydrogen-bond acceptors (Lipinski definition) is 3. The fraction of sp³-hybridized carbons (Fsp3) is 0.176. The first-order valence-corrected chi connectivity index (χ1v) is 9.20. The van der Waals surface area contributed by atoms with Crippen molar-refractivity contribution in [1.82, 2.24) is 0 Å². The molecule has 0 aliphatic carbocycles. The molecule has 3 rings (SSSR count). The second-order valence-corrected chi connectivity index (χ2v) is 7.27. The molecular weight excluding hydrogens is 395 g/mol. The fourth-order valence-electron chi connectivity index (χ4n) is 2.40. The zero-order valence-electron chi connectivity index (χ0n) is 12.6. The Bertz CT molecular complexity index is 813. The summed E-state index contributed by atoms with van der Waals surface area (Å²) in [5.74, 6) is 0.169. The Balaban J connectivity index is 1.51. The van der Waals surface area contributed by atoms with Gasteiger partial charge in [0.25, 0.3) is 0 Å². The van der Waals surface area contributed by atoms with E-state index in [4.69, 9.17) is 0 Å². The van der Waals surface area contributed by atoms with Crippen LogP contribution in [0, 0.1) is 5.82 Å². The van der Waals surface area contributed by atoms with Crippen LogP contribution >= 0.6 is 27.7 Å². The first kappa shape index (κ1) is 17.0. The SMILES string of the molecule is O=C(CSCc1ccc(Br)cc1F)Nc1ccc2c(c1)CC(=O)N2. The molecule has 2 aromatic rings. The predicted octanol–water partition coefficient (Wildman–Crippen LogP) is 3.95. The van der Waals surface area contributed by atoms with Gasteiger partial charge in [0.2, 0.25) is 11.8 Å². The van der Waals surface area contributed by atoms with Gasteiger partial charge in [0.05, 0.1) is 12.2 Å². The lowest BCUT2D eigenvalue weighted by Crippen LogP contribution is -2.14. The van der Waals surface area contributed by atoms with E-state index < -0.39 is 0 Å². The molecule has 0 fully saturated rings. The standard InChI is InChI=1S/C17H14BrFN2O2S/c18-12-2-1-10(14(19)7-12)8-24-9-17(23)20-13-3-4-15-11(5-13)6-16(22)21-15/h1-5,7H,6,8-9H2,(H,20,23)(H,21,22). The van der Waals surface area contributed by atoms with Crippen molar-refractivity contribution in [2.24, 2.45) is 0 Å². The smallest absolute Gasteiger partial charge is 0.234 e. The molecule has 7 heteroatoms. The molecule has 0 unspecified atom stereocenters. The highest BCUT2D eigenvalue weighted by Gasteiger charge is 2.17. The van der Waals surface area contributed by atoms with Crippen LogP contribution in [0.4, 0.5) is 15.8 Å². The van der Waals surface area contributed by atoms with Gasteiger partial charge in [-0.2, -0.15) is 0 Å². The van der Waals surface area contributed by atoms with Crippen LogP contribution in [0.2, 0.25) is 0 Å². The Morgan fingerprint density at radius 2 is 2.12 bits per heavy atom. The molecule has 124 valence electrons. The summed E-state index contributed by atoms with van der Waals surface area (Å²) < 4.78 is 14.4. The van der Waals surface area contributed by atoms with E-state index >= 15 is 0 Å².